The van der Waals surface area contributed by atoms with E-state index in [4.69, 9.17) is 16.3 Å². The van der Waals surface area contributed by atoms with Gasteiger partial charge < -0.3 is 4.74 Å². The number of pyridine rings is 1. The molecule has 0 atom stereocenters. The van der Waals surface area contributed by atoms with Crippen LogP contribution in [0.25, 0.3) is 17.0 Å². The highest BCUT2D eigenvalue weighted by Crippen LogP contribution is 2.29. The monoisotopic (exact) mass is 289 g/mol. The van der Waals surface area contributed by atoms with Crippen LogP contribution in [0.15, 0.2) is 24.3 Å². The van der Waals surface area contributed by atoms with Gasteiger partial charge in [-0.1, -0.05) is 17.7 Å². The maximum atomic E-state index is 11.4. The number of nitrogens with zero attached hydrogens (tertiary/aromatic N) is 1. The Bertz CT molecular complexity index is 692. The maximum Gasteiger partial charge on any atom is 0.330 e. The number of rotatable bonds is 3. The van der Waals surface area contributed by atoms with E-state index in [-0.39, 0.29) is 5.97 Å². The third-order valence-corrected chi connectivity index (χ3v) is 3.27. The summed E-state index contributed by atoms with van der Waals surface area (Å²) < 4.78 is 4.89. The third-order valence-electron chi connectivity index (χ3n) is 2.96. The molecule has 0 amide bonds. The standard InChI is InChI=1S/C16H16ClNO2/c1-4-20-14(19)8-6-12-9-11(3)18-16-10(2)5-7-13(17)15(12)16/h5-9H,4H2,1-3H3/b8-6+. The van der Waals surface area contributed by atoms with E-state index >= 15 is 0 Å². The highest BCUT2D eigenvalue weighted by Gasteiger charge is 2.08. The zero-order valence-electron chi connectivity index (χ0n) is 11.7. The Hall–Kier alpha value is -1.87. The second kappa shape index (κ2) is 6.06. The number of halogens is 1. The molecule has 4 heteroatoms. The zero-order valence-corrected chi connectivity index (χ0v) is 12.5. The molecule has 0 saturated heterocycles. The minimum Gasteiger partial charge on any atom is -0.463 e. The number of ether oxygens (including phenoxy) is 1. The third kappa shape index (κ3) is 2.99. The average Bonchev–Trinajstić information content (AvgIpc) is 2.40. The van der Waals surface area contributed by atoms with E-state index in [9.17, 15) is 4.79 Å². The molecule has 0 N–H and O–H groups in total. The molecule has 2 rings (SSSR count). The minimum atomic E-state index is -0.362. The molecule has 0 fully saturated rings. The molecule has 0 saturated carbocycles. The van der Waals surface area contributed by atoms with Crippen LogP contribution in [0.4, 0.5) is 0 Å². The second-order valence-electron chi connectivity index (χ2n) is 4.53. The van der Waals surface area contributed by atoms with Gasteiger partial charge in [-0.2, -0.15) is 0 Å². The Morgan fingerprint density at radius 3 is 2.85 bits per heavy atom. The highest BCUT2D eigenvalue weighted by atomic mass is 35.5. The lowest BCUT2D eigenvalue weighted by molar-refractivity contribution is -0.137. The summed E-state index contributed by atoms with van der Waals surface area (Å²) in [7, 11) is 0. The van der Waals surface area contributed by atoms with Crippen LogP contribution >= 0.6 is 11.6 Å². The number of fused-ring (bicyclic) bond motifs is 1. The summed E-state index contributed by atoms with van der Waals surface area (Å²) in [6, 6.07) is 5.69. The summed E-state index contributed by atoms with van der Waals surface area (Å²) in [6.45, 7) is 6.04. The molecule has 0 aliphatic carbocycles. The zero-order chi connectivity index (χ0) is 14.7. The van der Waals surface area contributed by atoms with Gasteiger partial charge in [-0.25, -0.2) is 4.79 Å². The molecule has 104 valence electrons. The lowest BCUT2D eigenvalue weighted by Gasteiger charge is -2.08. The summed E-state index contributed by atoms with van der Waals surface area (Å²) in [6.07, 6.45) is 3.14. The number of benzene rings is 1. The van der Waals surface area contributed by atoms with Crippen LogP contribution in [0.2, 0.25) is 5.02 Å². The molecular weight excluding hydrogens is 274 g/mol. The molecule has 1 aromatic carbocycles. The minimum absolute atomic E-state index is 0.360. The summed E-state index contributed by atoms with van der Waals surface area (Å²) in [5.41, 5.74) is 3.67. The van der Waals surface area contributed by atoms with E-state index in [2.05, 4.69) is 4.98 Å². The Balaban J connectivity index is 2.58. The van der Waals surface area contributed by atoms with Gasteiger partial charge in [-0.3, -0.25) is 4.98 Å². The van der Waals surface area contributed by atoms with Crippen molar-refractivity contribution in [1.82, 2.24) is 4.98 Å². The van der Waals surface area contributed by atoms with Crippen molar-refractivity contribution in [2.24, 2.45) is 0 Å². The highest BCUT2D eigenvalue weighted by molar-refractivity contribution is 6.36. The van der Waals surface area contributed by atoms with Crippen molar-refractivity contribution in [3.8, 4) is 0 Å². The first-order valence-electron chi connectivity index (χ1n) is 6.44. The van der Waals surface area contributed by atoms with E-state index < -0.39 is 0 Å². The van der Waals surface area contributed by atoms with Gasteiger partial charge in [0.25, 0.3) is 0 Å². The SMILES string of the molecule is CCOC(=O)/C=C/c1cc(C)nc2c(C)ccc(Cl)c12. The number of carbonyl (C=O) groups is 1. The van der Waals surface area contributed by atoms with Crippen LogP contribution in [-0.2, 0) is 9.53 Å². The van der Waals surface area contributed by atoms with Gasteiger partial charge >= 0.3 is 5.97 Å². The number of aromatic nitrogens is 1. The largest absolute Gasteiger partial charge is 0.463 e. The van der Waals surface area contributed by atoms with Crippen LogP contribution in [0.1, 0.15) is 23.7 Å². The van der Waals surface area contributed by atoms with Crippen molar-refractivity contribution in [1.29, 1.82) is 0 Å². The van der Waals surface area contributed by atoms with Gasteiger partial charge in [0.1, 0.15) is 0 Å². The summed E-state index contributed by atoms with van der Waals surface area (Å²) in [5.74, 6) is -0.362. The normalized spacial score (nSPS) is 11.2. The van der Waals surface area contributed by atoms with Gasteiger partial charge in [0, 0.05) is 17.2 Å². The van der Waals surface area contributed by atoms with Crippen molar-refractivity contribution < 1.29 is 9.53 Å². The van der Waals surface area contributed by atoms with E-state index in [1.165, 1.54) is 6.08 Å². The molecule has 3 nitrogen and oxygen atoms in total. The quantitative estimate of drug-likeness (QED) is 0.631. The molecule has 2 aromatic rings. The summed E-state index contributed by atoms with van der Waals surface area (Å²) in [4.78, 5) is 16.0. The number of hydrogen-bond acceptors (Lipinski definition) is 3. The Kier molecular flexibility index (Phi) is 4.40. The number of aryl methyl sites for hydroxylation is 2. The Morgan fingerprint density at radius 2 is 2.15 bits per heavy atom. The van der Waals surface area contributed by atoms with Gasteiger partial charge in [0.05, 0.1) is 17.1 Å². The fourth-order valence-corrected chi connectivity index (χ4v) is 2.34. The lowest BCUT2D eigenvalue weighted by Crippen LogP contribution is -1.99. The predicted molar refractivity (Wildman–Crippen MR) is 81.9 cm³/mol. The fraction of sp³-hybridized carbons (Fsp3) is 0.250. The van der Waals surface area contributed by atoms with E-state index in [0.29, 0.717) is 11.6 Å². The van der Waals surface area contributed by atoms with Crippen molar-refractivity contribution in [3.05, 3.63) is 46.1 Å². The van der Waals surface area contributed by atoms with Gasteiger partial charge in [0.15, 0.2) is 0 Å². The maximum absolute atomic E-state index is 11.4. The van der Waals surface area contributed by atoms with Crippen molar-refractivity contribution >= 4 is 34.5 Å². The molecule has 0 aliphatic rings. The first-order valence-corrected chi connectivity index (χ1v) is 6.82. The van der Waals surface area contributed by atoms with E-state index in [1.807, 2.05) is 32.0 Å². The number of hydrogen-bond donors (Lipinski definition) is 0. The lowest BCUT2D eigenvalue weighted by atomic mass is 10.0. The number of carbonyl (C=O) groups excluding carboxylic acids is 1. The summed E-state index contributed by atoms with van der Waals surface area (Å²) >= 11 is 6.27. The fourth-order valence-electron chi connectivity index (χ4n) is 2.07. The first kappa shape index (κ1) is 14.5. The van der Waals surface area contributed by atoms with Gasteiger partial charge in [-0.05, 0) is 50.1 Å². The van der Waals surface area contributed by atoms with Crippen LogP contribution < -0.4 is 0 Å². The van der Waals surface area contributed by atoms with Crippen molar-refractivity contribution in [3.63, 3.8) is 0 Å². The van der Waals surface area contributed by atoms with Gasteiger partial charge in [0.2, 0.25) is 0 Å². The predicted octanol–water partition coefficient (Wildman–Crippen LogP) is 4.08. The van der Waals surface area contributed by atoms with E-state index in [0.717, 1.165) is 27.7 Å². The second-order valence-corrected chi connectivity index (χ2v) is 4.93. The van der Waals surface area contributed by atoms with Crippen LogP contribution in [-0.4, -0.2) is 17.6 Å². The van der Waals surface area contributed by atoms with Crippen molar-refractivity contribution in [2.45, 2.75) is 20.8 Å². The number of esters is 1. The summed E-state index contributed by atoms with van der Waals surface area (Å²) in [5, 5.41) is 1.49. The van der Waals surface area contributed by atoms with Gasteiger partial charge in [-0.15, -0.1) is 0 Å². The topological polar surface area (TPSA) is 39.2 Å². The molecule has 0 aliphatic heterocycles. The molecule has 0 unspecified atom stereocenters. The first-order chi connectivity index (χ1) is 9.52. The molecule has 0 radical (unpaired) electrons. The molecule has 1 aromatic heterocycles. The van der Waals surface area contributed by atoms with E-state index in [1.54, 1.807) is 13.0 Å². The molecular formula is C16H16ClNO2. The van der Waals surface area contributed by atoms with Crippen LogP contribution in [0.3, 0.4) is 0 Å². The molecule has 0 spiro atoms. The van der Waals surface area contributed by atoms with Crippen LogP contribution in [0, 0.1) is 13.8 Å². The molecule has 0 bridgehead atoms. The molecule has 1 heterocycles. The van der Waals surface area contributed by atoms with Crippen LogP contribution in [0.5, 0.6) is 0 Å². The average molecular weight is 290 g/mol. The van der Waals surface area contributed by atoms with Crippen molar-refractivity contribution in [2.75, 3.05) is 6.61 Å². The smallest absolute Gasteiger partial charge is 0.330 e. The molecule has 20 heavy (non-hydrogen) atoms. The Labute approximate surface area is 123 Å². The Morgan fingerprint density at radius 1 is 1.40 bits per heavy atom.